The standard InChI is InChI=1S/C8H8N/c1-2-5-8-6-3-4-7-9-8/h2-4,7H,1,5H2. The van der Waals surface area contributed by atoms with Crippen molar-refractivity contribution >= 4 is 0 Å². The SMILES string of the molecule is C=CCc1[c]cccn1. The van der Waals surface area contributed by atoms with Crippen molar-refractivity contribution in [3.05, 3.63) is 42.7 Å². The van der Waals surface area contributed by atoms with Crippen LogP contribution in [0.5, 0.6) is 0 Å². The van der Waals surface area contributed by atoms with Crippen molar-refractivity contribution in [2.24, 2.45) is 0 Å². The van der Waals surface area contributed by atoms with Crippen LogP contribution in [0.3, 0.4) is 0 Å². The lowest BCUT2D eigenvalue weighted by Gasteiger charge is -1.89. The molecule has 1 aromatic heterocycles. The Bertz CT molecular complexity index is 179. The summed E-state index contributed by atoms with van der Waals surface area (Å²) < 4.78 is 0. The highest BCUT2D eigenvalue weighted by Gasteiger charge is 1.84. The molecule has 0 saturated heterocycles. The maximum absolute atomic E-state index is 4.04. The van der Waals surface area contributed by atoms with Crippen LogP contribution < -0.4 is 0 Å². The summed E-state index contributed by atoms with van der Waals surface area (Å²) in [6.07, 6.45) is 4.38. The summed E-state index contributed by atoms with van der Waals surface area (Å²) in [5.41, 5.74) is 0.951. The van der Waals surface area contributed by atoms with Gasteiger partial charge in [0.1, 0.15) is 0 Å². The summed E-state index contributed by atoms with van der Waals surface area (Å²) in [5.74, 6) is 0. The van der Waals surface area contributed by atoms with Gasteiger partial charge in [-0.2, -0.15) is 0 Å². The van der Waals surface area contributed by atoms with Gasteiger partial charge in [-0.3, -0.25) is 4.98 Å². The molecule has 1 aromatic rings. The van der Waals surface area contributed by atoms with Gasteiger partial charge in [-0.15, -0.1) is 6.58 Å². The van der Waals surface area contributed by atoms with E-state index in [1.807, 2.05) is 18.2 Å². The predicted molar refractivity (Wildman–Crippen MR) is 37.0 cm³/mol. The number of nitrogens with zero attached hydrogens (tertiary/aromatic N) is 1. The molecule has 1 radical (unpaired) electrons. The van der Waals surface area contributed by atoms with E-state index in [1.165, 1.54) is 0 Å². The number of aromatic nitrogens is 1. The first-order chi connectivity index (χ1) is 4.43. The Balaban J connectivity index is 2.72. The molecule has 0 saturated carbocycles. The van der Waals surface area contributed by atoms with Gasteiger partial charge < -0.3 is 0 Å². The minimum Gasteiger partial charge on any atom is -0.260 e. The van der Waals surface area contributed by atoms with E-state index in [0.29, 0.717) is 0 Å². The van der Waals surface area contributed by atoms with Crippen molar-refractivity contribution in [3.63, 3.8) is 0 Å². The molecule has 1 heteroatoms. The maximum Gasteiger partial charge on any atom is 0.0520 e. The first-order valence-electron chi connectivity index (χ1n) is 2.86. The summed E-state index contributed by atoms with van der Waals surface area (Å²) in [4.78, 5) is 4.04. The molecule has 0 unspecified atom stereocenters. The molecule has 0 fully saturated rings. The molecule has 9 heavy (non-hydrogen) atoms. The fourth-order valence-electron chi connectivity index (χ4n) is 0.606. The zero-order chi connectivity index (χ0) is 6.53. The van der Waals surface area contributed by atoms with Crippen LogP contribution in [0.2, 0.25) is 0 Å². The van der Waals surface area contributed by atoms with Crippen molar-refractivity contribution in [2.75, 3.05) is 0 Å². The van der Waals surface area contributed by atoms with E-state index in [9.17, 15) is 0 Å². The normalized spacial score (nSPS) is 8.89. The molecule has 0 atom stereocenters. The number of pyridine rings is 1. The smallest absolute Gasteiger partial charge is 0.0520 e. The van der Waals surface area contributed by atoms with Crippen LogP contribution in [0.25, 0.3) is 0 Å². The number of hydrogen-bond acceptors (Lipinski definition) is 1. The van der Waals surface area contributed by atoms with E-state index < -0.39 is 0 Å². The van der Waals surface area contributed by atoms with E-state index in [1.54, 1.807) is 6.20 Å². The van der Waals surface area contributed by atoms with Gasteiger partial charge in [0.05, 0.1) is 5.69 Å². The molecule has 0 aromatic carbocycles. The molecule has 0 amide bonds. The van der Waals surface area contributed by atoms with Gasteiger partial charge in [-0.1, -0.05) is 12.1 Å². The second-order valence-corrected chi connectivity index (χ2v) is 1.72. The van der Waals surface area contributed by atoms with Gasteiger partial charge in [0.2, 0.25) is 0 Å². The van der Waals surface area contributed by atoms with Gasteiger partial charge in [0.15, 0.2) is 0 Å². The largest absolute Gasteiger partial charge is 0.260 e. The van der Waals surface area contributed by atoms with E-state index in [0.717, 1.165) is 12.1 Å². The second-order valence-electron chi connectivity index (χ2n) is 1.72. The van der Waals surface area contributed by atoms with Crippen LogP contribution in [0.1, 0.15) is 5.69 Å². The van der Waals surface area contributed by atoms with Gasteiger partial charge in [-0.25, -0.2) is 0 Å². The molecule has 0 aliphatic heterocycles. The molecule has 0 N–H and O–H groups in total. The van der Waals surface area contributed by atoms with E-state index in [-0.39, 0.29) is 0 Å². The topological polar surface area (TPSA) is 12.9 Å². The molecule has 1 nitrogen and oxygen atoms in total. The Morgan fingerprint density at radius 1 is 1.78 bits per heavy atom. The van der Waals surface area contributed by atoms with Crippen molar-refractivity contribution in [2.45, 2.75) is 6.42 Å². The van der Waals surface area contributed by atoms with Crippen LogP contribution in [-0.2, 0) is 6.42 Å². The molecular weight excluding hydrogens is 110 g/mol. The van der Waals surface area contributed by atoms with Crippen LogP contribution in [0.4, 0.5) is 0 Å². The first kappa shape index (κ1) is 6.02. The third kappa shape index (κ3) is 1.68. The van der Waals surface area contributed by atoms with E-state index in [4.69, 9.17) is 0 Å². The van der Waals surface area contributed by atoms with Crippen molar-refractivity contribution in [1.82, 2.24) is 4.98 Å². The van der Waals surface area contributed by atoms with Crippen LogP contribution in [0, 0.1) is 6.07 Å². The van der Waals surface area contributed by atoms with Crippen molar-refractivity contribution in [3.8, 4) is 0 Å². The van der Waals surface area contributed by atoms with E-state index in [2.05, 4.69) is 17.6 Å². The molecule has 0 aliphatic carbocycles. The predicted octanol–water partition coefficient (Wildman–Crippen LogP) is 1.61. The fraction of sp³-hybridized carbons (Fsp3) is 0.125. The zero-order valence-electron chi connectivity index (χ0n) is 5.17. The summed E-state index contributed by atoms with van der Waals surface area (Å²) in [6.45, 7) is 3.60. The summed E-state index contributed by atoms with van der Waals surface area (Å²) in [6, 6.07) is 6.69. The average Bonchev–Trinajstić information content (AvgIpc) is 1.91. The molecule has 1 heterocycles. The minimum absolute atomic E-state index is 0.806. The van der Waals surface area contributed by atoms with E-state index >= 15 is 0 Å². The fourth-order valence-corrected chi connectivity index (χ4v) is 0.606. The molecule has 45 valence electrons. The van der Waals surface area contributed by atoms with Crippen molar-refractivity contribution in [1.29, 1.82) is 0 Å². The molecular formula is C8H8N. The van der Waals surface area contributed by atoms with Gasteiger partial charge in [0, 0.05) is 18.7 Å². The molecule has 0 bridgehead atoms. The van der Waals surface area contributed by atoms with Crippen LogP contribution in [0.15, 0.2) is 31.0 Å². The maximum atomic E-state index is 4.04. The third-order valence-electron chi connectivity index (χ3n) is 1.00. The Morgan fingerprint density at radius 2 is 2.67 bits per heavy atom. The molecule has 0 aliphatic rings. The first-order valence-corrected chi connectivity index (χ1v) is 2.86. The van der Waals surface area contributed by atoms with Crippen molar-refractivity contribution < 1.29 is 0 Å². The van der Waals surface area contributed by atoms with Crippen LogP contribution in [-0.4, -0.2) is 4.98 Å². The Hall–Kier alpha value is -1.11. The second kappa shape index (κ2) is 3.02. The zero-order valence-corrected chi connectivity index (χ0v) is 5.17. The minimum atomic E-state index is 0.806. The summed E-state index contributed by atoms with van der Waals surface area (Å²) in [7, 11) is 0. The summed E-state index contributed by atoms with van der Waals surface area (Å²) in [5, 5.41) is 0. The van der Waals surface area contributed by atoms with Gasteiger partial charge in [-0.05, 0) is 6.07 Å². The molecule has 0 spiro atoms. The molecule has 1 rings (SSSR count). The lowest BCUT2D eigenvalue weighted by molar-refractivity contribution is 1.11. The van der Waals surface area contributed by atoms with Gasteiger partial charge in [0.25, 0.3) is 0 Å². The van der Waals surface area contributed by atoms with Crippen LogP contribution >= 0.6 is 0 Å². The number of hydrogen-bond donors (Lipinski definition) is 0. The Morgan fingerprint density at radius 3 is 3.22 bits per heavy atom. The monoisotopic (exact) mass is 118 g/mol. The summed E-state index contributed by atoms with van der Waals surface area (Å²) >= 11 is 0. The quantitative estimate of drug-likeness (QED) is 0.537. The average molecular weight is 118 g/mol. The highest BCUT2D eigenvalue weighted by Crippen LogP contribution is 1.92. The van der Waals surface area contributed by atoms with Gasteiger partial charge >= 0.3 is 0 Å². The Labute approximate surface area is 55.1 Å². The highest BCUT2D eigenvalue weighted by atomic mass is 14.7. The number of rotatable bonds is 2. The lowest BCUT2D eigenvalue weighted by Crippen LogP contribution is -1.83. The lowest BCUT2D eigenvalue weighted by atomic mass is 10.3. The number of allylic oxidation sites excluding steroid dienone is 1. The third-order valence-corrected chi connectivity index (χ3v) is 1.00. The highest BCUT2D eigenvalue weighted by molar-refractivity contribution is 5.04. The Kier molecular flexibility index (Phi) is 2.02.